The first-order chi connectivity index (χ1) is 21.3. The van der Waals surface area contributed by atoms with Crippen molar-refractivity contribution in [1.29, 1.82) is 0 Å². The smallest absolute Gasteiger partial charge is 0.240 e. The second kappa shape index (κ2) is 12.5. The number of carbonyl (C=O) groups is 2. The van der Waals surface area contributed by atoms with Crippen LogP contribution in [0.3, 0.4) is 0 Å². The summed E-state index contributed by atoms with van der Waals surface area (Å²) in [5.41, 5.74) is -0.119. The van der Waals surface area contributed by atoms with Gasteiger partial charge in [-0.1, -0.05) is 0 Å². The number of carbonyl (C=O) groups excluding carboxylic acids is 2. The van der Waals surface area contributed by atoms with Gasteiger partial charge in [0.1, 0.15) is 17.8 Å². The van der Waals surface area contributed by atoms with Crippen LogP contribution in [-0.4, -0.2) is 82.9 Å². The lowest BCUT2D eigenvalue weighted by atomic mass is 10.0. The molecule has 11 nitrogen and oxygen atoms in total. The van der Waals surface area contributed by atoms with E-state index in [0.717, 1.165) is 38.8 Å². The van der Waals surface area contributed by atoms with E-state index in [1.165, 1.54) is 48.8 Å². The molecule has 13 heteroatoms. The van der Waals surface area contributed by atoms with Gasteiger partial charge in [-0.3, -0.25) is 14.5 Å². The maximum Gasteiger partial charge on any atom is 0.240 e. The van der Waals surface area contributed by atoms with E-state index in [4.69, 9.17) is 9.47 Å². The maximum atomic E-state index is 15.2. The molecule has 3 heterocycles. The van der Waals surface area contributed by atoms with Crippen molar-refractivity contribution in [3.05, 3.63) is 72.6 Å². The van der Waals surface area contributed by atoms with Gasteiger partial charge in [0.15, 0.2) is 28.5 Å². The largest absolute Gasteiger partial charge is 0.475 e. The number of piperazine rings is 1. The van der Waals surface area contributed by atoms with Crippen LogP contribution in [0.1, 0.15) is 12.8 Å². The second-order valence-corrected chi connectivity index (χ2v) is 10.9. The number of nitrogens with one attached hydrogen (secondary N) is 2. The van der Waals surface area contributed by atoms with Gasteiger partial charge in [-0.15, -0.1) is 0 Å². The lowest BCUT2D eigenvalue weighted by molar-refractivity contribution is -0.131. The lowest BCUT2D eigenvalue weighted by Crippen LogP contribution is -2.45. The van der Waals surface area contributed by atoms with Gasteiger partial charge in [-0.25, -0.2) is 23.7 Å². The Morgan fingerprint density at radius 2 is 1.61 bits per heavy atom. The van der Waals surface area contributed by atoms with Gasteiger partial charge in [-0.2, -0.15) is 0 Å². The quantitative estimate of drug-likeness (QED) is 0.258. The highest BCUT2D eigenvalue weighted by Gasteiger charge is 2.56. The molecular formula is C31H31F2N7O4. The Kier molecular flexibility index (Phi) is 8.31. The molecule has 1 aliphatic carbocycles. The minimum atomic E-state index is -1.28. The Balaban J connectivity index is 1.09. The van der Waals surface area contributed by atoms with Crippen molar-refractivity contribution < 1.29 is 27.8 Å². The third-order valence-corrected chi connectivity index (χ3v) is 7.77. The molecule has 6 rings (SSSR count). The Labute approximate surface area is 252 Å². The summed E-state index contributed by atoms with van der Waals surface area (Å²) in [6.45, 7) is 5.20. The summed E-state index contributed by atoms with van der Waals surface area (Å²) in [7, 11) is 2.11. The number of aromatic nitrogens is 3. The molecule has 2 N–H and O–H groups in total. The molecule has 2 amide bonds. The van der Waals surface area contributed by atoms with Crippen LogP contribution in [-0.2, 0) is 9.59 Å². The number of fused-ring (bicyclic) bond motifs is 1. The van der Waals surface area contributed by atoms with E-state index in [1.807, 2.05) is 0 Å². The van der Waals surface area contributed by atoms with Crippen LogP contribution < -0.4 is 20.1 Å². The van der Waals surface area contributed by atoms with Gasteiger partial charge in [0.25, 0.3) is 0 Å². The molecule has 0 radical (unpaired) electrons. The molecule has 0 unspecified atom stereocenters. The predicted molar refractivity (Wildman–Crippen MR) is 159 cm³/mol. The number of hydrogen-bond acceptors (Lipinski definition) is 9. The number of anilines is 2. The third kappa shape index (κ3) is 6.58. The molecule has 2 fully saturated rings. The molecule has 0 spiro atoms. The Hall–Kier alpha value is -4.75. The molecule has 228 valence electrons. The first-order valence-corrected chi connectivity index (χ1v) is 14.3. The van der Waals surface area contributed by atoms with Crippen LogP contribution >= 0.6 is 0 Å². The normalized spacial score (nSPS) is 16.3. The Morgan fingerprint density at radius 1 is 0.909 bits per heavy atom. The van der Waals surface area contributed by atoms with E-state index in [2.05, 4.69) is 42.4 Å². The topological polar surface area (TPSA) is 122 Å². The number of ether oxygens (including phenoxy) is 2. The SMILES string of the molecule is CN1CCN(CCOc2cnc3nccc(Oc4ccc(NC(=O)C5(C(=O)Nc6ccc(F)cc6)CC5)cc4F)c3n2)CC1. The van der Waals surface area contributed by atoms with Crippen molar-refractivity contribution in [3.8, 4) is 17.4 Å². The molecule has 1 saturated carbocycles. The molecule has 4 aromatic rings. The van der Waals surface area contributed by atoms with Gasteiger partial charge in [0.2, 0.25) is 17.7 Å². The van der Waals surface area contributed by atoms with Crippen molar-refractivity contribution in [2.45, 2.75) is 12.8 Å². The molecule has 1 saturated heterocycles. The fourth-order valence-electron chi connectivity index (χ4n) is 4.88. The molecule has 0 bridgehead atoms. The predicted octanol–water partition coefficient (Wildman–Crippen LogP) is 4.08. The van der Waals surface area contributed by atoms with Crippen LogP contribution in [0.15, 0.2) is 60.9 Å². The molecule has 2 aliphatic rings. The summed E-state index contributed by atoms with van der Waals surface area (Å²) >= 11 is 0. The van der Waals surface area contributed by atoms with E-state index in [-0.39, 0.29) is 17.2 Å². The molecular weight excluding hydrogens is 572 g/mol. The van der Waals surface area contributed by atoms with Crippen molar-refractivity contribution in [2.24, 2.45) is 5.41 Å². The van der Waals surface area contributed by atoms with Crippen molar-refractivity contribution in [1.82, 2.24) is 24.8 Å². The number of likely N-dealkylation sites (N-methyl/N-ethyl adjacent to an activating group) is 1. The fraction of sp³-hybridized carbons (Fsp3) is 0.323. The highest BCUT2D eigenvalue weighted by Crippen LogP contribution is 2.47. The van der Waals surface area contributed by atoms with E-state index >= 15 is 4.39 Å². The summed E-state index contributed by atoms with van der Waals surface area (Å²) in [6, 6.07) is 10.8. The number of rotatable bonds is 10. The van der Waals surface area contributed by atoms with Crippen LogP contribution in [0.2, 0.25) is 0 Å². The second-order valence-electron chi connectivity index (χ2n) is 10.9. The van der Waals surface area contributed by atoms with Gasteiger partial charge in [0, 0.05) is 62.4 Å². The summed E-state index contributed by atoms with van der Waals surface area (Å²) in [5, 5.41) is 5.27. The van der Waals surface area contributed by atoms with E-state index in [0.29, 0.717) is 42.2 Å². The van der Waals surface area contributed by atoms with E-state index in [1.54, 1.807) is 6.07 Å². The standard InChI is InChI=1S/C31H31F2N7O4/c1-39-12-14-40(15-13-39)16-17-43-26-19-35-28-27(38-26)25(8-11-34-28)44-24-7-6-22(18-23(24)33)37-30(42)31(9-10-31)29(41)36-21-4-2-20(32)3-5-21/h2-8,11,18-19H,9-10,12-17H2,1H3,(H,36,41)(H,37,42). The monoisotopic (exact) mass is 603 g/mol. The van der Waals surface area contributed by atoms with Gasteiger partial charge < -0.3 is 25.0 Å². The van der Waals surface area contributed by atoms with Crippen molar-refractivity contribution in [2.75, 3.05) is 57.0 Å². The molecule has 2 aromatic heterocycles. The first-order valence-electron chi connectivity index (χ1n) is 14.3. The maximum absolute atomic E-state index is 15.2. The van der Waals surface area contributed by atoms with Gasteiger partial charge >= 0.3 is 0 Å². The number of benzene rings is 2. The zero-order chi connectivity index (χ0) is 30.7. The number of pyridine rings is 1. The van der Waals surface area contributed by atoms with E-state index in [9.17, 15) is 14.0 Å². The Bertz CT molecular complexity index is 1680. The molecule has 0 atom stereocenters. The molecule has 2 aromatic carbocycles. The number of hydrogen-bond donors (Lipinski definition) is 2. The van der Waals surface area contributed by atoms with E-state index < -0.39 is 28.9 Å². The lowest BCUT2D eigenvalue weighted by Gasteiger charge is -2.32. The van der Waals surface area contributed by atoms with Crippen molar-refractivity contribution >= 4 is 34.4 Å². The zero-order valence-electron chi connectivity index (χ0n) is 24.1. The molecule has 44 heavy (non-hydrogen) atoms. The van der Waals surface area contributed by atoms with Crippen LogP contribution in [0.25, 0.3) is 11.2 Å². The van der Waals surface area contributed by atoms with Crippen LogP contribution in [0.5, 0.6) is 17.4 Å². The third-order valence-electron chi connectivity index (χ3n) is 7.77. The summed E-state index contributed by atoms with van der Waals surface area (Å²) in [5.74, 6) is -1.80. The molecule has 1 aliphatic heterocycles. The number of nitrogens with zero attached hydrogens (tertiary/aromatic N) is 5. The first kappa shape index (κ1) is 29.3. The minimum Gasteiger partial charge on any atom is -0.475 e. The van der Waals surface area contributed by atoms with Gasteiger partial charge in [0.05, 0.1) is 6.20 Å². The summed E-state index contributed by atoms with van der Waals surface area (Å²) in [6.07, 6.45) is 3.66. The van der Waals surface area contributed by atoms with Gasteiger partial charge in [-0.05, 0) is 56.3 Å². The van der Waals surface area contributed by atoms with Crippen LogP contribution in [0, 0.1) is 17.0 Å². The van der Waals surface area contributed by atoms with Crippen LogP contribution in [0.4, 0.5) is 20.2 Å². The van der Waals surface area contributed by atoms with Crippen molar-refractivity contribution in [3.63, 3.8) is 0 Å². The summed E-state index contributed by atoms with van der Waals surface area (Å²) in [4.78, 5) is 43.5. The highest BCUT2D eigenvalue weighted by molar-refractivity contribution is 6.16. The minimum absolute atomic E-state index is 0.103. The fourth-order valence-corrected chi connectivity index (χ4v) is 4.88. The average Bonchev–Trinajstić information content (AvgIpc) is 3.84. The summed E-state index contributed by atoms with van der Waals surface area (Å²) < 4.78 is 40.0. The average molecular weight is 604 g/mol. The highest BCUT2D eigenvalue weighted by atomic mass is 19.1. The number of halogens is 2. The zero-order valence-corrected chi connectivity index (χ0v) is 24.1. The Morgan fingerprint density at radius 3 is 2.32 bits per heavy atom. The number of amides is 2.